The highest BCUT2D eigenvalue weighted by atomic mass is 16.3. The van der Waals surface area contributed by atoms with Crippen LogP contribution in [0.3, 0.4) is 0 Å². The van der Waals surface area contributed by atoms with Crippen LogP contribution in [0.5, 0.6) is 0 Å². The molecule has 0 aliphatic rings. The zero-order valence-corrected chi connectivity index (χ0v) is 30.4. The minimum Gasteiger partial charge on any atom is -0.394 e. The Morgan fingerprint density at radius 2 is 0.867 bits per heavy atom. The number of rotatable bonds is 36. The van der Waals surface area contributed by atoms with Crippen LogP contribution in [0.4, 0.5) is 0 Å². The van der Waals surface area contributed by atoms with Crippen molar-refractivity contribution in [3.05, 3.63) is 24.3 Å². The van der Waals surface area contributed by atoms with Gasteiger partial charge in [0.1, 0.15) is 0 Å². The van der Waals surface area contributed by atoms with Gasteiger partial charge in [-0.1, -0.05) is 199 Å². The second-order valence-electron chi connectivity index (χ2n) is 13.7. The Morgan fingerprint density at radius 3 is 1.29 bits per heavy atom. The van der Waals surface area contributed by atoms with Gasteiger partial charge in [-0.15, -0.1) is 0 Å². The number of nitrogens with one attached hydrogen (secondary N) is 1. The van der Waals surface area contributed by atoms with Crippen molar-refractivity contribution >= 4 is 5.91 Å². The van der Waals surface area contributed by atoms with E-state index in [9.17, 15) is 15.0 Å². The molecule has 3 N–H and O–H groups in total. The summed E-state index contributed by atoms with van der Waals surface area (Å²) >= 11 is 0. The summed E-state index contributed by atoms with van der Waals surface area (Å²) in [5.74, 6) is -0.0727. The summed E-state index contributed by atoms with van der Waals surface area (Å²) in [6.07, 6.45) is 47.0. The van der Waals surface area contributed by atoms with E-state index < -0.39 is 12.1 Å². The van der Waals surface area contributed by atoms with Gasteiger partial charge in [0.15, 0.2) is 0 Å². The van der Waals surface area contributed by atoms with E-state index >= 15 is 0 Å². The quantitative estimate of drug-likeness (QED) is 0.0475. The molecule has 4 heteroatoms. The van der Waals surface area contributed by atoms with Crippen molar-refractivity contribution in [1.29, 1.82) is 0 Å². The fourth-order valence-electron chi connectivity index (χ4n) is 6.08. The minimum absolute atomic E-state index is 0.0727. The Kier molecular flexibility index (Phi) is 36.4. The molecule has 0 heterocycles. The number of aliphatic hydroxyl groups is 2. The standard InChI is InChI=1S/C41H79NO3/c1-3-5-7-9-11-13-15-17-19-20-21-22-23-24-26-28-30-32-34-36-40(44)39(38-43)42-41(45)37-35-33-31-29-27-25-18-16-14-12-10-8-6-4-2/h26,28,34,36,39-40,43-44H,3-25,27,29-33,35,37-38H2,1-2H3,(H,42,45)/b28-26+,36-34+. The van der Waals surface area contributed by atoms with Crippen molar-refractivity contribution in [2.75, 3.05) is 6.61 Å². The highest BCUT2D eigenvalue weighted by molar-refractivity contribution is 5.76. The van der Waals surface area contributed by atoms with Crippen LogP contribution in [0, 0.1) is 0 Å². The zero-order chi connectivity index (χ0) is 32.9. The van der Waals surface area contributed by atoms with Crippen LogP contribution in [0.25, 0.3) is 0 Å². The molecule has 4 nitrogen and oxygen atoms in total. The predicted molar refractivity (Wildman–Crippen MR) is 198 cm³/mol. The summed E-state index contributed by atoms with van der Waals surface area (Å²) in [5, 5.41) is 22.9. The maximum absolute atomic E-state index is 12.3. The molecule has 1 amide bonds. The molecule has 0 saturated carbocycles. The molecule has 0 saturated heterocycles. The first-order chi connectivity index (χ1) is 22.2. The minimum atomic E-state index is -0.856. The fraction of sp³-hybridized carbons (Fsp3) is 0.878. The molecule has 2 atom stereocenters. The Bertz CT molecular complexity index is 647. The first-order valence-electron chi connectivity index (χ1n) is 20.1. The smallest absolute Gasteiger partial charge is 0.220 e. The maximum Gasteiger partial charge on any atom is 0.220 e. The molecule has 45 heavy (non-hydrogen) atoms. The van der Waals surface area contributed by atoms with Crippen LogP contribution < -0.4 is 5.32 Å². The normalized spacial score (nSPS) is 13.2. The summed E-state index contributed by atoms with van der Waals surface area (Å²) in [4.78, 5) is 12.3. The van der Waals surface area contributed by atoms with Crippen LogP contribution in [0.15, 0.2) is 24.3 Å². The van der Waals surface area contributed by atoms with Gasteiger partial charge in [-0.2, -0.15) is 0 Å². The Balaban J connectivity index is 3.62. The summed E-state index contributed by atoms with van der Waals surface area (Å²) in [6, 6.07) is -0.633. The zero-order valence-electron chi connectivity index (χ0n) is 30.4. The van der Waals surface area contributed by atoms with E-state index in [1.165, 1.54) is 161 Å². The number of aliphatic hydroxyl groups excluding tert-OH is 2. The van der Waals surface area contributed by atoms with Crippen molar-refractivity contribution in [2.24, 2.45) is 0 Å². The number of hydrogen-bond acceptors (Lipinski definition) is 3. The largest absolute Gasteiger partial charge is 0.394 e. The number of amides is 1. The third-order valence-electron chi connectivity index (χ3n) is 9.19. The lowest BCUT2D eigenvalue weighted by Gasteiger charge is -2.19. The lowest BCUT2D eigenvalue weighted by Crippen LogP contribution is -2.45. The van der Waals surface area contributed by atoms with Crippen LogP contribution in [-0.2, 0) is 4.79 Å². The molecule has 0 rings (SSSR count). The SMILES string of the molecule is CCCCCCCCCCCCCCC/C=C/CC/C=C/C(O)C(CO)NC(=O)CCCCCCCCCCCCCCCC. The summed E-state index contributed by atoms with van der Waals surface area (Å²) < 4.78 is 0. The van der Waals surface area contributed by atoms with Gasteiger partial charge < -0.3 is 15.5 Å². The molecule has 0 aromatic rings. The van der Waals surface area contributed by atoms with Gasteiger partial charge in [-0.05, 0) is 32.1 Å². The summed E-state index contributed by atoms with van der Waals surface area (Å²) in [7, 11) is 0. The van der Waals surface area contributed by atoms with Crippen molar-refractivity contribution < 1.29 is 15.0 Å². The van der Waals surface area contributed by atoms with Gasteiger partial charge in [0.25, 0.3) is 0 Å². The number of hydrogen-bond donors (Lipinski definition) is 3. The second-order valence-corrected chi connectivity index (χ2v) is 13.7. The number of unbranched alkanes of at least 4 members (excludes halogenated alkanes) is 27. The van der Waals surface area contributed by atoms with E-state index in [0.717, 1.165) is 32.1 Å². The Hall–Kier alpha value is -1.13. The van der Waals surface area contributed by atoms with Gasteiger partial charge >= 0.3 is 0 Å². The van der Waals surface area contributed by atoms with E-state index in [2.05, 4.69) is 31.3 Å². The van der Waals surface area contributed by atoms with Crippen LogP contribution >= 0.6 is 0 Å². The molecule has 0 aromatic heterocycles. The highest BCUT2D eigenvalue weighted by Gasteiger charge is 2.17. The monoisotopic (exact) mass is 634 g/mol. The molecule has 0 radical (unpaired) electrons. The number of allylic oxidation sites excluding steroid dienone is 3. The van der Waals surface area contributed by atoms with Crippen molar-refractivity contribution in [1.82, 2.24) is 5.32 Å². The van der Waals surface area contributed by atoms with Gasteiger partial charge in [-0.25, -0.2) is 0 Å². The van der Waals surface area contributed by atoms with Crippen molar-refractivity contribution in [2.45, 2.75) is 225 Å². The summed E-state index contributed by atoms with van der Waals surface area (Å²) in [5.41, 5.74) is 0. The first-order valence-corrected chi connectivity index (χ1v) is 20.1. The van der Waals surface area contributed by atoms with E-state index in [-0.39, 0.29) is 12.5 Å². The molecule has 0 aromatic carbocycles. The fourth-order valence-corrected chi connectivity index (χ4v) is 6.08. The summed E-state index contributed by atoms with van der Waals surface area (Å²) in [6.45, 7) is 4.30. The first kappa shape index (κ1) is 43.9. The molecule has 0 bridgehead atoms. The number of carbonyl (C=O) groups is 1. The van der Waals surface area contributed by atoms with E-state index in [0.29, 0.717) is 6.42 Å². The van der Waals surface area contributed by atoms with Gasteiger partial charge in [0.05, 0.1) is 18.8 Å². The van der Waals surface area contributed by atoms with E-state index in [4.69, 9.17) is 0 Å². The molecule has 2 unspecified atom stereocenters. The van der Waals surface area contributed by atoms with Crippen LogP contribution in [0.1, 0.15) is 213 Å². The maximum atomic E-state index is 12.3. The molecular formula is C41H79NO3. The van der Waals surface area contributed by atoms with Crippen molar-refractivity contribution in [3.63, 3.8) is 0 Å². The molecule has 0 aliphatic carbocycles. The molecule has 266 valence electrons. The Labute approximate surface area is 281 Å². The van der Waals surface area contributed by atoms with Crippen molar-refractivity contribution in [3.8, 4) is 0 Å². The average molecular weight is 634 g/mol. The molecule has 0 aliphatic heterocycles. The second kappa shape index (κ2) is 37.3. The molecule has 0 spiro atoms. The third kappa shape index (κ3) is 34.0. The topological polar surface area (TPSA) is 69.6 Å². The molecular weight excluding hydrogens is 554 g/mol. The van der Waals surface area contributed by atoms with Gasteiger partial charge in [-0.3, -0.25) is 4.79 Å². The highest BCUT2D eigenvalue weighted by Crippen LogP contribution is 2.15. The van der Waals surface area contributed by atoms with Crippen LogP contribution in [0.2, 0.25) is 0 Å². The van der Waals surface area contributed by atoms with E-state index in [1.54, 1.807) is 6.08 Å². The lowest BCUT2D eigenvalue weighted by atomic mass is 10.0. The Morgan fingerprint density at radius 1 is 0.511 bits per heavy atom. The average Bonchev–Trinajstić information content (AvgIpc) is 3.04. The third-order valence-corrected chi connectivity index (χ3v) is 9.19. The van der Waals surface area contributed by atoms with Gasteiger partial charge in [0.2, 0.25) is 5.91 Å². The number of carbonyl (C=O) groups excluding carboxylic acids is 1. The van der Waals surface area contributed by atoms with E-state index in [1.807, 2.05) is 6.08 Å². The predicted octanol–water partition coefficient (Wildman–Crippen LogP) is 12.1. The molecule has 0 fully saturated rings. The van der Waals surface area contributed by atoms with Gasteiger partial charge in [0, 0.05) is 6.42 Å². The lowest BCUT2D eigenvalue weighted by molar-refractivity contribution is -0.123. The van der Waals surface area contributed by atoms with Crippen LogP contribution in [-0.4, -0.2) is 34.9 Å².